The molecule has 1 amide bonds. The highest BCUT2D eigenvalue weighted by Crippen LogP contribution is 2.20. The van der Waals surface area contributed by atoms with Crippen LogP contribution < -0.4 is 4.80 Å². The van der Waals surface area contributed by atoms with E-state index in [1.165, 1.54) is 16.2 Å². The van der Waals surface area contributed by atoms with Gasteiger partial charge in [0.2, 0.25) is 0 Å². The van der Waals surface area contributed by atoms with Crippen LogP contribution in [0.2, 0.25) is 0 Å². The molecule has 0 N–H and O–H groups in total. The minimum absolute atomic E-state index is 0.184. The molecule has 2 aromatic carbocycles. The first-order valence-electron chi connectivity index (χ1n) is 9.06. The fourth-order valence-corrected chi connectivity index (χ4v) is 4.43. The van der Waals surface area contributed by atoms with Gasteiger partial charge >= 0.3 is 5.97 Å². The minimum Gasteiger partial charge on any atom is -0.462 e. The largest absolute Gasteiger partial charge is 0.462 e. The van der Waals surface area contributed by atoms with Crippen LogP contribution >= 0.6 is 23.1 Å². The molecule has 0 unspecified atom stereocenters. The van der Waals surface area contributed by atoms with Crippen molar-refractivity contribution in [3.05, 3.63) is 58.4 Å². The predicted molar refractivity (Wildman–Crippen MR) is 114 cm³/mol. The Labute approximate surface area is 172 Å². The fourth-order valence-electron chi connectivity index (χ4n) is 2.87. The second-order valence-corrected chi connectivity index (χ2v) is 7.95. The number of rotatable bonds is 6. The third-order valence-electron chi connectivity index (χ3n) is 4.24. The monoisotopic (exact) mass is 414 g/mol. The summed E-state index contributed by atoms with van der Waals surface area (Å²) < 4.78 is 7.96. The third-order valence-corrected chi connectivity index (χ3v) is 6.03. The first-order chi connectivity index (χ1) is 13.5. The highest BCUT2D eigenvalue weighted by atomic mass is 32.2. The van der Waals surface area contributed by atoms with Crippen LogP contribution in [0.4, 0.5) is 0 Å². The number of hydrogen-bond acceptors (Lipinski definition) is 5. The Morgan fingerprint density at radius 1 is 1.14 bits per heavy atom. The molecule has 0 saturated heterocycles. The van der Waals surface area contributed by atoms with Crippen LogP contribution in [-0.4, -0.2) is 29.3 Å². The quantitative estimate of drug-likeness (QED) is 0.446. The van der Waals surface area contributed by atoms with Crippen LogP contribution in [0.3, 0.4) is 0 Å². The molecular formula is C21H22N2O3S2. The van der Waals surface area contributed by atoms with Gasteiger partial charge in [-0.05, 0) is 56.0 Å². The molecule has 0 bridgehead atoms. The van der Waals surface area contributed by atoms with Gasteiger partial charge in [-0.15, -0.1) is 11.8 Å². The molecule has 5 nitrogen and oxygen atoms in total. The van der Waals surface area contributed by atoms with E-state index in [1.54, 1.807) is 30.8 Å². The lowest BCUT2D eigenvalue weighted by atomic mass is 10.1. The van der Waals surface area contributed by atoms with Gasteiger partial charge in [-0.2, -0.15) is 4.99 Å². The number of amides is 1. The first-order valence-corrected chi connectivity index (χ1v) is 11.1. The van der Waals surface area contributed by atoms with Crippen molar-refractivity contribution >= 4 is 45.2 Å². The van der Waals surface area contributed by atoms with Crippen molar-refractivity contribution in [2.45, 2.75) is 31.7 Å². The van der Waals surface area contributed by atoms with E-state index in [0.717, 1.165) is 15.8 Å². The molecule has 0 aliphatic rings. The van der Waals surface area contributed by atoms with Crippen molar-refractivity contribution in [2.24, 2.45) is 4.99 Å². The number of fused-ring (bicyclic) bond motifs is 1. The number of aryl methyl sites for hydroxylation is 1. The van der Waals surface area contributed by atoms with Gasteiger partial charge in [0, 0.05) is 11.4 Å². The SMILES string of the molecule is CCOC(=O)c1ccc2c(c1)sc(=NC(=O)Cc1ccc(SC)cc1)n2CC. The normalized spacial score (nSPS) is 11.8. The summed E-state index contributed by atoms with van der Waals surface area (Å²) >= 11 is 3.08. The van der Waals surface area contributed by atoms with E-state index in [-0.39, 0.29) is 18.3 Å². The number of aromatic nitrogens is 1. The highest BCUT2D eigenvalue weighted by molar-refractivity contribution is 7.98. The summed E-state index contributed by atoms with van der Waals surface area (Å²) in [6, 6.07) is 13.4. The van der Waals surface area contributed by atoms with Crippen molar-refractivity contribution < 1.29 is 14.3 Å². The molecule has 3 rings (SSSR count). The average molecular weight is 415 g/mol. The Balaban J connectivity index is 1.91. The van der Waals surface area contributed by atoms with Crippen LogP contribution in [-0.2, 0) is 22.5 Å². The summed E-state index contributed by atoms with van der Waals surface area (Å²) in [6.45, 7) is 4.82. The topological polar surface area (TPSA) is 60.7 Å². The number of thiazole rings is 1. The van der Waals surface area contributed by atoms with Gasteiger partial charge in [0.25, 0.3) is 5.91 Å². The van der Waals surface area contributed by atoms with Crippen LogP contribution in [0.25, 0.3) is 10.2 Å². The third kappa shape index (κ3) is 4.54. The van der Waals surface area contributed by atoms with E-state index in [9.17, 15) is 9.59 Å². The summed E-state index contributed by atoms with van der Waals surface area (Å²) in [6.07, 6.45) is 2.29. The zero-order chi connectivity index (χ0) is 20.1. The molecule has 1 aromatic heterocycles. The van der Waals surface area contributed by atoms with E-state index in [1.807, 2.05) is 48.1 Å². The molecular weight excluding hydrogens is 392 g/mol. The Morgan fingerprint density at radius 2 is 1.89 bits per heavy atom. The average Bonchev–Trinajstić information content (AvgIpc) is 3.04. The number of hydrogen-bond donors (Lipinski definition) is 0. The molecule has 0 aliphatic carbocycles. The van der Waals surface area contributed by atoms with Crippen molar-refractivity contribution in [2.75, 3.05) is 12.9 Å². The molecule has 0 saturated carbocycles. The number of thioether (sulfide) groups is 1. The highest BCUT2D eigenvalue weighted by Gasteiger charge is 2.12. The van der Waals surface area contributed by atoms with Crippen molar-refractivity contribution in [3.63, 3.8) is 0 Å². The van der Waals surface area contributed by atoms with Gasteiger partial charge in [-0.25, -0.2) is 4.79 Å². The Hall–Kier alpha value is -2.38. The van der Waals surface area contributed by atoms with Crippen LogP contribution in [0.15, 0.2) is 52.4 Å². The molecule has 7 heteroatoms. The first kappa shape index (κ1) is 20.4. The van der Waals surface area contributed by atoms with Crippen LogP contribution in [0.5, 0.6) is 0 Å². The van der Waals surface area contributed by atoms with Crippen molar-refractivity contribution in [1.29, 1.82) is 0 Å². The number of carbonyl (C=O) groups excluding carboxylic acids is 2. The molecule has 146 valence electrons. The molecule has 0 atom stereocenters. The van der Waals surface area contributed by atoms with Gasteiger partial charge in [0.15, 0.2) is 4.80 Å². The van der Waals surface area contributed by atoms with Crippen LogP contribution in [0, 0.1) is 0 Å². The zero-order valence-electron chi connectivity index (χ0n) is 16.1. The number of ether oxygens (including phenoxy) is 1. The van der Waals surface area contributed by atoms with Gasteiger partial charge in [-0.3, -0.25) is 4.79 Å². The van der Waals surface area contributed by atoms with Crippen molar-refractivity contribution in [1.82, 2.24) is 4.57 Å². The summed E-state index contributed by atoms with van der Waals surface area (Å²) in [5, 5.41) is 0. The standard InChI is InChI=1S/C21H22N2O3S2/c1-4-23-17-11-8-15(20(25)26-5-2)13-18(17)28-21(23)22-19(24)12-14-6-9-16(27-3)10-7-14/h6-11,13H,4-5,12H2,1-3H3. The number of carbonyl (C=O) groups is 2. The predicted octanol–water partition coefficient (Wildman–Crippen LogP) is 4.29. The van der Waals surface area contributed by atoms with E-state index in [0.29, 0.717) is 23.5 Å². The maximum atomic E-state index is 12.5. The summed E-state index contributed by atoms with van der Waals surface area (Å²) in [5.74, 6) is -0.527. The zero-order valence-corrected chi connectivity index (χ0v) is 17.7. The fraction of sp³-hybridized carbons (Fsp3) is 0.286. The lowest BCUT2D eigenvalue weighted by Gasteiger charge is -2.03. The Bertz CT molecular complexity index is 1070. The summed E-state index contributed by atoms with van der Waals surface area (Å²) in [5.41, 5.74) is 2.40. The summed E-state index contributed by atoms with van der Waals surface area (Å²) in [7, 11) is 0. The van der Waals surface area contributed by atoms with Gasteiger partial charge in [-0.1, -0.05) is 23.5 Å². The van der Waals surface area contributed by atoms with E-state index < -0.39 is 0 Å². The van der Waals surface area contributed by atoms with Crippen molar-refractivity contribution in [3.8, 4) is 0 Å². The van der Waals surface area contributed by atoms with Gasteiger partial charge in [0.1, 0.15) is 0 Å². The molecule has 3 aromatic rings. The second kappa shape index (κ2) is 9.21. The molecule has 1 heterocycles. The van der Waals surface area contributed by atoms with E-state index in [4.69, 9.17) is 4.74 Å². The Kier molecular flexibility index (Phi) is 6.70. The number of esters is 1. The number of benzene rings is 2. The smallest absolute Gasteiger partial charge is 0.338 e. The Morgan fingerprint density at radius 3 is 2.54 bits per heavy atom. The molecule has 0 radical (unpaired) electrons. The maximum Gasteiger partial charge on any atom is 0.338 e. The van der Waals surface area contributed by atoms with Gasteiger partial charge in [0.05, 0.1) is 28.8 Å². The summed E-state index contributed by atoms with van der Waals surface area (Å²) in [4.78, 5) is 30.6. The van der Waals surface area contributed by atoms with E-state index >= 15 is 0 Å². The van der Waals surface area contributed by atoms with E-state index in [2.05, 4.69) is 4.99 Å². The van der Waals surface area contributed by atoms with Crippen LogP contribution in [0.1, 0.15) is 29.8 Å². The lowest BCUT2D eigenvalue weighted by molar-refractivity contribution is -0.117. The maximum absolute atomic E-state index is 12.5. The molecule has 0 aliphatic heterocycles. The minimum atomic E-state index is -0.343. The van der Waals surface area contributed by atoms with Gasteiger partial charge < -0.3 is 9.30 Å². The molecule has 0 fully saturated rings. The second-order valence-electron chi connectivity index (χ2n) is 6.06. The molecule has 28 heavy (non-hydrogen) atoms. The lowest BCUT2D eigenvalue weighted by Crippen LogP contribution is -2.16. The molecule has 0 spiro atoms. The number of nitrogens with zero attached hydrogens (tertiary/aromatic N) is 2.